The molecule has 1 aliphatic heterocycles. The average Bonchev–Trinajstić information content (AvgIpc) is 2.88. The van der Waals surface area contributed by atoms with Crippen LogP contribution >= 0.6 is 0 Å². The first kappa shape index (κ1) is 13.1. The molecule has 108 valence electrons. The number of likely N-dealkylation sites (N-methyl/N-ethyl adjacent to an activating group) is 2. The first-order valence-electron chi connectivity index (χ1n) is 7.81. The van der Waals surface area contributed by atoms with Gasteiger partial charge in [0.25, 0.3) is 0 Å². The fourth-order valence-corrected chi connectivity index (χ4v) is 4.25. The highest BCUT2D eigenvalue weighted by molar-refractivity contribution is 5.48. The zero-order chi connectivity index (χ0) is 14.4. The van der Waals surface area contributed by atoms with Crippen molar-refractivity contribution < 1.29 is 0 Å². The summed E-state index contributed by atoms with van der Waals surface area (Å²) < 4.78 is 0. The molecule has 2 heteroatoms. The number of fused-ring (bicyclic) bond motifs is 3. The molecule has 1 heterocycles. The lowest BCUT2D eigenvalue weighted by molar-refractivity contribution is 0.0557. The van der Waals surface area contributed by atoms with Crippen molar-refractivity contribution in [1.82, 2.24) is 9.80 Å². The molecule has 2 nitrogen and oxygen atoms in total. The maximum absolute atomic E-state index is 2.56. The highest BCUT2D eigenvalue weighted by Crippen LogP contribution is 2.49. The highest BCUT2D eigenvalue weighted by atomic mass is 15.3. The molecule has 0 spiro atoms. The van der Waals surface area contributed by atoms with Gasteiger partial charge in [0.15, 0.2) is 0 Å². The molecule has 0 radical (unpaired) electrons. The maximum Gasteiger partial charge on any atom is 0.0513 e. The number of hydrogen-bond acceptors (Lipinski definition) is 2. The second-order valence-electron chi connectivity index (χ2n) is 6.41. The molecule has 1 saturated heterocycles. The van der Waals surface area contributed by atoms with Crippen molar-refractivity contribution in [3.05, 3.63) is 71.3 Å². The van der Waals surface area contributed by atoms with Crippen LogP contribution in [0.15, 0.2) is 54.6 Å². The van der Waals surface area contributed by atoms with Crippen LogP contribution in [0.2, 0.25) is 0 Å². The van der Waals surface area contributed by atoms with Gasteiger partial charge in [-0.15, -0.1) is 0 Å². The standard InChI is InChI=1S/C19H22N2/c1-20-12-13-21(2)19-17(14-8-4-3-5-9-14)15-10-6-7-11-16(15)18(19)20/h3-11,17-19H,12-13H2,1-2H3. The van der Waals surface area contributed by atoms with Crippen LogP contribution in [0.4, 0.5) is 0 Å². The van der Waals surface area contributed by atoms with Gasteiger partial charge in [-0.3, -0.25) is 9.80 Å². The van der Waals surface area contributed by atoms with E-state index in [2.05, 4.69) is 78.5 Å². The zero-order valence-electron chi connectivity index (χ0n) is 12.7. The maximum atomic E-state index is 2.56. The number of nitrogens with zero attached hydrogens (tertiary/aromatic N) is 2. The Balaban J connectivity index is 1.89. The molecule has 2 aromatic rings. The number of rotatable bonds is 1. The van der Waals surface area contributed by atoms with E-state index in [1.807, 2.05) is 0 Å². The van der Waals surface area contributed by atoms with Gasteiger partial charge in [-0.25, -0.2) is 0 Å². The molecule has 0 bridgehead atoms. The van der Waals surface area contributed by atoms with Gasteiger partial charge in [-0.1, -0.05) is 54.6 Å². The van der Waals surface area contributed by atoms with Crippen LogP contribution in [0.25, 0.3) is 0 Å². The van der Waals surface area contributed by atoms with Gasteiger partial charge in [0.1, 0.15) is 0 Å². The van der Waals surface area contributed by atoms with Crippen molar-refractivity contribution in [3.63, 3.8) is 0 Å². The van der Waals surface area contributed by atoms with Crippen molar-refractivity contribution in [3.8, 4) is 0 Å². The third-order valence-electron chi connectivity index (χ3n) is 5.26. The van der Waals surface area contributed by atoms with Crippen molar-refractivity contribution in [2.75, 3.05) is 27.2 Å². The predicted octanol–water partition coefficient (Wildman–Crippen LogP) is 3.12. The summed E-state index contributed by atoms with van der Waals surface area (Å²) in [5.41, 5.74) is 4.48. The Bertz CT molecular complexity index is 637. The number of piperazine rings is 1. The Morgan fingerprint density at radius 2 is 1.38 bits per heavy atom. The van der Waals surface area contributed by atoms with E-state index in [0.29, 0.717) is 18.0 Å². The molecule has 3 unspecified atom stereocenters. The van der Waals surface area contributed by atoms with Crippen molar-refractivity contribution in [2.45, 2.75) is 18.0 Å². The van der Waals surface area contributed by atoms with Crippen molar-refractivity contribution >= 4 is 0 Å². The number of hydrogen-bond donors (Lipinski definition) is 0. The van der Waals surface area contributed by atoms with E-state index >= 15 is 0 Å². The smallest absolute Gasteiger partial charge is 0.0513 e. The van der Waals surface area contributed by atoms with Crippen LogP contribution in [0.3, 0.4) is 0 Å². The Hall–Kier alpha value is -1.64. The van der Waals surface area contributed by atoms with Gasteiger partial charge in [0.2, 0.25) is 0 Å². The van der Waals surface area contributed by atoms with E-state index in [1.165, 1.54) is 16.7 Å². The second-order valence-corrected chi connectivity index (χ2v) is 6.41. The highest BCUT2D eigenvalue weighted by Gasteiger charge is 2.46. The van der Waals surface area contributed by atoms with Gasteiger partial charge in [0, 0.05) is 25.0 Å². The van der Waals surface area contributed by atoms with E-state index in [9.17, 15) is 0 Å². The Morgan fingerprint density at radius 1 is 0.762 bits per heavy atom. The SMILES string of the molecule is CN1CCN(C)C2C(c3ccccc3)c3ccccc3C21. The summed E-state index contributed by atoms with van der Waals surface area (Å²) in [6, 6.07) is 21.1. The lowest BCUT2D eigenvalue weighted by Gasteiger charge is -2.43. The van der Waals surface area contributed by atoms with E-state index in [4.69, 9.17) is 0 Å². The van der Waals surface area contributed by atoms with E-state index in [0.717, 1.165) is 13.1 Å². The van der Waals surface area contributed by atoms with Gasteiger partial charge in [-0.05, 0) is 30.8 Å². The fraction of sp³-hybridized carbons (Fsp3) is 0.368. The molecule has 21 heavy (non-hydrogen) atoms. The summed E-state index contributed by atoms with van der Waals surface area (Å²) in [5, 5.41) is 0. The lowest BCUT2D eigenvalue weighted by atomic mass is 9.88. The molecule has 1 fully saturated rings. The summed E-state index contributed by atoms with van der Waals surface area (Å²) in [6.45, 7) is 2.29. The topological polar surface area (TPSA) is 6.48 Å². The van der Waals surface area contributed by atoms with E-state index in [1.54, 1.807) is 0 Å². The number of benzene rings is 2. The van der Waals surface area contributed by atoms with Crippen LogP contribution in [0.5, 0.6) is 0 Å². The Kier molecular flexibility index (Phi) is 3.09. The Labute approximate surface area is 127 Å². The minimum absolute atomic E-state index is 0.486. The average molecular weight is 278 g/mol. The minimum atomic E-state index is 0.486. The molecular formula is C19H22N2. The molecule has 2 aliphatic rings. The molecule has 0 N–H and O–H groups in total. The van der Waals surface area contributed by atoms with Crippen LogP contribution < -0.4 is 0 Å². The van der Waals surface area contributed by atoms with Gasteiger partial charge < -0.3 is 0 Å². The van der Waals surface area contributed by atoms with Gasteiger partial charge >= 0.3 is 0 Å². The minimum Gasteiger partial charge on any atom is -0.299 e. The Morgan fingerprint density at radius 3 is 2.14 bits per heavy atom. The first-order chi connectivity index (χ1) is 10.3. The summed E-state index contributed by atoms with van der Waals surface area (Å²) in [7, 11) is 4.56. The predicted molar refractivity (Wildman–Crippen MR) is 86.5 cm³/mol. The van der Waals surface area contributed by atoms with Gasteiger partial charge in [0.05, 0.1) is 6.04 Å². The zero-order valence-corrected chi connectivity index (χ0v) is 12.7. The molecule has 1 aliphatic carbocycles. The quantitative estimate of drug-likeness (QED) is 0.791. The van der Waals surface area contributed by atoms with Crippen LogP contribution in [0, 0.1) is 0 Å². The molecular weight excluding hydrogens is 256 g/mol. The van der Waals surface area contributed by atoms with Crippen LogP contribution in [-0.4, -0.2) is 43.0 Å². The monoisotopic (exact) mass is 278 g/mol. The molecule has 0 saturated carbocycles. The molecule has 2 aromatic carbocycles. The van der Waals surface area contributed by atoms with Crippen molar-refractivity contribution in [2.24, 2.45) is 0 Å². The van der Waals surface area contributed by atoms with Crippen molar-refractivity contribution in [1.29, 1.82) is 0 Å². The van der Waals surface area contributed by atoms with E-state index < -0.39 is 0 Å². The third-order valence-corrected chi connectivity index (χ3v) is 5.26. The third kappa shape index (κ3) is 1.94. The fourth-order valence-electron chi connectivity index (χ4n) is 4.25. The first-order valence-corrected chi connectivity index (χ1v) is 7.81. The van der Waals surface area contributed by atoms with Crippen LogP contribution in [0.1, 0.15) is 28.7 Å². The molecule has 4 rings (SSSR count). The summed E-state index contributed by atoms with van der Waals surface area (Å²) in [6.07, 6.45) is 0. The molecule has 0 amide bonds. The molecule has 3 atom stereocenters. The molecule has 0 aromatic heterocycles. The summed E-state index contributed by atoms with van der Waals surface area (Å²) in [4.78, 5) is 5.09. The van der Waals surface area contributed by atoms with Crippen LogP contribution in [-0.2, 0) is 0 Å². The second kappa shape index (κ2) is 4.97. The van der Waals surface area contributed by atoms with E-state index in [-0.39, 0.29) is 0 Å². The largest absolute Gasteiger partial charge is 0.299 e. The lowest BCUT2D eigenvalue weighted by Crippen LogP contribution is -2.51. The summed E-state index contributed by atoms with van der Waals surface area (Å²) >= 11 is 0. The summed E-state index contributed by atoms with van der Waals surface area (Å²) in [5.74, 6) is 0.486. The van der Waals surface area contributed by atoms with Gasteiger partial charge in [-0.2, -0.15) is 0 Å². The normalized spacial score (nSPS) is 29.1.